The van der Waals surface area contributed by atoms with Gasteiger partial charge in [0.1, 0.15) is 17.1 Å². The number of benzene rings is 2. The van der Waals surface area contributed by atoms with Gasteiger partial charge in [0.25, 0.3) is 0 Å². The van der Waals surface area contributed by atoms with Crippen LogP contribution in [-0.4, -0.2) is 27.2 Å². The van der Waals surface area contributed by atoms with E-state index in [2.05, 4.69) is 0 Å². The third-order valence-corrected chi connectivity index (χ3v) is 3.77. The standard InChI is InChI=1S/C17H16O5/c1-9-6-12(19)14-13(7-9)22-17(16(21)15(14)20)11-4-2-10(8-18)3-5-11/h2-7,16-19,21H,8H2,1H3/t16-,17+/m0/s1. The zero-order valence-corrected chi connectivity index (χ0v) is 12.0. The lowest BCUT2D eigenvalue weighted by atomic mass is 9.92. The molecule has 0 saturated carbocycles. The molecule has 22 heavy (non-hydrogen) atoms. The lowest BCUT2D eigenvalue weighted by Gasteiger charge is -2.30. The Morgan fingerprint density at radius 1 is 1.18 bits per heavy atom. The summed E-state index contributed by atoms with van der Waals surface area (Å²) < 4.78 is 5.74. The molecule has 3 N–H and O–H groups in total. The fraction of sp³-hybridized carbons (Fsp3) is 0.235. The van der Waals surface area contributed by atoms with Crippen LogP contribution in [0.4, 0.5) is 0 Å². The highest BCUT2D eigenvalue weighted by Gasteiger charge is 2.38. The monoisotopic (exact) mass is 300 g/mol. The molecule has 0 saturated heterocycles. The number of carbonyl (C=O) groups is 1. The number of carbonyl (C=O) groups excluding carboxylic acids is 1. The summed E-state index contributed by atoms with van der Waals surface area (Å²) in [5.74, 6) is -0.479. The van der Waals surface area contributed by atoms with Crippen molar-refractivity contribution in [3.05, 3.63) is 58.7 Å². The van der Waals surface area contributed by atoms with Gasteiger partial charge < -0.3 is 20.1 Å². The minimum atomic E-state index is -1.39. The zero-order chi connectivity index (χ0) is 15.9. The SMILES string of the molecule is Cc1cc(O)c2c(c1)O[C@H](c1ccc(CO)cc1)[C@@H](O)C2=O. The average Bonchev–Trinajstić information content (AvgIpc) is 2.50. The minimum absolute atomic E-state index is 0.0151. The highest BCUT2D eigenvalue weighted by atomic mass is 16.5. The second-order valence-electron chi connectivity index (χ2n) is 5.40. The Morgan fingerprint density at radius 3 is 2.50 bits per heavy atom. The van der Waals surface area contributed by atoms with Crippen LogP contribution in [0.5, 0.6) is 11.5 Å². The smallest absolute Gasteiger partial charge is 0.202 e. The van der Waals surface area contributed by atoms with Gasteiger partial charge in [-0.2, -0.15) is 0 Å². The topological polar surface area (TPSA) is 87.0 Å². The molecule has 114 valence electrons. The van der Waals surface area contributed by atoms with Gasteiger partial charge in [0, 0.05) is 0 Å². The van der Waals surface area contributed by atoms with Crippen LogP contribution in [0.2, 0.25) is 0 Å². The predicted molar refractivity (Wildman–Crippen MR) is 78.9 cm³/mol. The maximum Gasteiger partial charge on any atom is 0.202 e. The third-order valence-electron chi connectivity index (χ3n) is 3.77. The van der Waals surface area contributed by atoms with E-state index in [1.807, 2.05) is 0 Å². The number of rotatable bonds is 2. The van der Waals surface area contributed by atoms with E-state index in [4.69, 9.17) is 9.84 Å². The molecule has 0 spiro atoms. The number of ketones is 1. The van der Waals surface area contributed by atoms with Crippen molar-refractivity contribution in [2.24, 2.45) is 0 Å². The molecule has 0 amide bonds. The van der Waals surface area contributed by atoms with E-state index < -0.39 is 18.0 Å². The van der Waals surface area contributed by atoms with Gasteiger partial charge >= 0.3 is 0 Å². The molecular formula is C17H16O5. The quantitative estimate of drug-likeness (QED) is 0.788. The van der Waals surface area contributed by atoms with E-state index in [9.17, 15) is 15.0 Å². The van der Waals surface area contributed by atoms with Crippen LogP contribution in [0.3, 0.4) is 0 Å². The van der Waals surface area contributed by atoms with Crippen LogP contribution >= 0.6 is 0 Å². The lowest BCUT2D eigenvalue weighted by molar-refractivity contribution is 0.0211. The van der Waals surface area contributed by atoms with E-state index in [1.165, 1.54) is 6.07 Å². The fourth-order valence-electron chi connectivity index (χ4n) is 2.62. The number of phenolic OH excluding ortho intramolecular Hbond substituents is 1. The van der Waals surface area contributed by atoms with E-state index in [-0.39, 0.29) is 23.7 Å². The van der Waals surface area contributed by atoms with Crippen LogP contribution in [0.1, 0.15) is 33.2 Å². The Bertz CT molecular complexity index is 721. The van der Waals surface area contributed by atoms with Gasteiger partial charge in [-0.05, 0) is 35.7 Å². The normalized spacial score (nSPS) is 20.4. The van der Waals surface area contributed by atoms with Gasteiger partial charge in [0.05, 0.1) is 6.61 Å². The van der Waals surface area contributed by atoms with Crippen LogP contribution in [0, 0.1) is 6.92 Å². The highest BCUT2D eigenvalue weighted by Crippen LogP contribution is 2.40. The van der Waals surface area contributed by atoms with Crippen molar-refractivity contribution >= 4 is 5.78 Å². The first kappa shape index (κ1) is 14.6. The molecule has 2 atom stereocenters. The average molecular weight is 300 g/mol. The molecular weight excluding hydrogens is 284 g/mol. The Labute approximate surface area is 127 Å². The van der Waals surface area contributed by atoms with Crippen LogP contribution in [0.25, 0.3) is 0 Å². The Balaban J connectivity index is 2.02. The van der Waals surface area contributed by atoms with Crippen molar-refractivity contribution in [3.63, 3.8) is 0 Å². The number of aryl methyl sites for hydroxylation is 1. The largest absolute Gasteiger partial charge is 0.507 e. The number of fused-ring (bicyclic) bond motifs is 1. The molecule has 1 heterocycles. The summed E-state index contributed by atoms with van der Waals surface area (Å²) >= 11 is 0. The Kier molecular flexibility index (Phi) is 3.60. The molecule has 0 radical (unpaired) electrons. The number of hydrogen-bond acceptors (Lipinski definition) is 5. The maximum absolute atomic E-state index is 12.3. The van der Waals surface area contributed by atoms with Crippen molar-refractivity contribution in [3.8, 4) is 11.5 Å². The molecule has 0 aromatic heterocycles. The number of Topliss-reactive ketones (excluding diaryl/α,β-unsaturated/α-hetero) is 1. The molecule has 2 aromatic carbocycles. The van der Waals surface area contributed by atoms with Gasteiger partial charge in [0.2, 0.25) is 5.78 Å². The van der Waals surface area contributed by atoms with Gasteiger partial charge in [0.15, 0.2) is 12.2 Å². The first-order valence-corrected chi connectivity index (χ1v) is 6.93. The predicted octanol–water partition coefficient (Wildman–Crippen LogP) is 1.87. The van der Waals surface area contributed by atoms with Crippen molar-refractivity contribution in [2.45, 2.75) is 25.7 Å². The maximum atomic E-state index is 12.3. The van der Waals surface area contributed by atoms with Crippen molar-refractivity contribution < 1.29 is 24.9 Å². The van der Waals surface area contributed by atoms with Gasteiger partial charge in [-0.15, -0.1) is 0 Å². The van der Waals surface area contributed by atoms with Crippen molar-refractivity contribution in [1.82, 2.24) is 0 Å². The second kappa shape index (κ2) is 5.44. The summed E-state index contributed by atoms with van der Waals surface area (Å²) in [5, 5.41) is 29.2. The van der Waals surface area contributed by atoms with E-state index in [1.54, 1.807) is 37.3 Å². The number of hydrogen-bond donors (Lipinski definition) is 3. The first-order valence-electron chi connectivity index (χ1n) is 6.93. The number of ether oxygens (including phenoxy) is 1. The Morgan fingerprint density at radius 2 is 1.86 bits per heavy atom. The van der Waals surface area contributed by atoms with Gasteiger partial charge in [-0.25, -0.2) is 0 Å². The number of phenols is 1. The molecule has 2 aromatic rings. The molecule has 3 rings (SSSR count). The third kappa shape index (κ3) is 2.34. The number of aromatic hydroxyl groups is 1. The van der Waals surface area contributed by atoms with Gasteiger partial charge in [-0.3, -0.25) is 4.79 Å². The van der Waals surface area contributed by atoms with Crippen molar-refractivity contribution in [2.75, 3.05) is 0 Å². The summed E-state index contributed by atoms with van der Waals surface area (Å²) in [4.78, 5) is 12.3. The zero-order valence-electron chi connectivity index (χ0n) is 12.0. The number of aliphatic hydroxyl groups is 2. The summed E-state index contributed by atoms with van der Waals surface area (Å²) in [7, 11) is 0. The molecule has 0 bridgehead atoms. The van der Waals surface area contributed by atoms with E-state index in [0.29, 0.717) is 5.56 Å². The molecule has 0 aliphatic carbocycles. The molecule has 5 nitrogen and oxygen atoms in total. The number of aliphatic hydroxyl groups excluding tert-OH is 2. The highest BCUT2D eigenvalue weighted by molar-refractivity contribution is 6.05. The van der Waals surface area contributed by atoms with Crippen LogP contribution in [-0.2, 0) is 6.61 Å². The van der Waals surface area contributed by atoms with Crippen LogP contribution in [0.15, 0.2) is 36.4 Å². The summed E-state index contributed by atoms with van der Waals surface area (Å²) in [6, 6.07) is 9.94. The minimum Gasteiger partial charge on any atom is -0.507 e. The Hall–Kier alpha value is -2.37. The van der Waals surface area contributed by atoms with E-state index in [0.717, 1.165) is 11.1 Å². The molecule has 1 aliphatic rings. The molecule has 5 heteroatoms. The molecule has 1 aliphatic heterocycles. The summed E-state index contributed by atoms with van der Waals surface area (Å²) in [5.41, 5.74) is 2.13. The second-order valence-corrected chi connectivity index (χ2v) is 5.40. The molecule has 0 unspecified atom stereocenters. The van der Waals surface area contributed by atoms with Crippen LogP contribution < -0.4 is 4.74 Å². The van der Waals surface area contributed by atoms with E-state index >= 15 is 0 Å². The molecule has 0 fully saturated rings. The van der Waals surface area contributed by atoms with Gasteiger partial charge in [-0.1, -0.05) is 24.3 Å². The summed E-state index contributed by atoms with van der Waals surface area (Å²) in [6.07, 6.45) is -2.23. The first-order chi connectivity index (χ1) is 10.5. The lowest BCUT2D eigenvalue weighted by Crippen LogP contribution is -2.36. The summed E-state index contributed by atoms with van der Waals surface area (Å²) in [6.45, 7) is 1.70. The fourth-order valence-corrected chi connectivity index (χ4v) is 2.62. The van der Waals surface area contributed by atoms with Crippen molar-refractivity contribution in [1.29, 1.82) is 0 Å².